The third-order valence-corrected chi connectivity index (χ3v) is 6.44. The Morgan fingerprint density at radius 2 is 0.920 bits per heavy atom. The maximum Gasteiger partial charge on any atom is 0.416 e. The van der Waals surface area contributed by atoms with E-state index in [0.717, 1.165) is 48.5 Å². The number of ether oxygens (including phenoxy) is 2. The average Bonchev–Trinajstić information content (AvgIpc) is 3.08. The van der Waals surface area contributed by atoms with Crippen LogP contribution in [0.15, 0.2) is 85.2 Å². The van der Waals surface area contributed by atoms with Crippen molar-refractivity contribution in [3.05, 3.63) is 107 Å². The molecule has 0 unspecified atom stereocenters. The van der Waals surface area contributed by atoms with Crippen LogP contribution in [0.25, 0.3) is 11.4 Å². The van der Waals surface area contributed by atoms with Crippen molar-refractivity contribution in [1.82, 2.24) is 20.6 Å². The minimum atomic E-state index is -4.52. The van der Waals surface area contributed by atoms with E-state index in [9.17, 15) is 45.5 Å². The number of halogens is 6. The molecule has 4 N–H and O–H groups in total. The normalized spacial score (nSPS) is 11.2. The topological polar surface area (TPSA) is 161 Å². The molecule has 50 heavy (non-hydrogen) atoms. The Kier molecular flexibility index (Phi) is 11.9. The summed E-state index contributed by atoms with van der Waals surface area (Å²) < 4.78 is 86.4. The molecule has 0 aliphatic heterocycles. The van der Waals surface area contributed by atoms with Gasteiger partial charge in [0.2, 0.25) is 0 Å². The standard InChI is InChI=1S/C32H26F6N6O6/c33-31(34,35)21-1-5-23(6-2-21)43-29(47)41-15-27(45)49-17-19-9-11-39-25(13-19)26-14-20(10-12-40-26)18-50-28(46)16-42-30(48)44-24-7-3-22(4-8-24)32(36,37)38/h1-14H,15-18H2,(H2,41,43,47)(H2,42,44,48). The predicted octanol–water partition coefficient (Wildman–Crippen LogP) is 5.91. The smallest absolute Gasteiger partial charge is 0.416 e. The summed E-state index contributed by atoms with van der Waals surface area (Å²) in [5.41, 5.74) is 0.245. The van der Waals surface area contributed by atoms with Gasteiger partial charge in [-0.25, -0.2) is 9.59 Å². The molecule has 4 rings (SSSR count). The lowest BCUT2D eigenvalue weighted by atomic mass is 10.1. The number of benzene rings is 2. The van der Waals surface area contributed by atoms with E-state index in [2.05, 4.69) is 31.2 Å². The molecule has 4 aromatic rings. The molecule has 18 heteroatoms. The highest BCUT2D eigenvalue weighted by Crippen LogP contribution is 2.30. The molecule has 2 aromatic carbocycles. The number of alkyl halides is 6. The highest BCUT2D eigenvalue weighted by molar-refractivity contribution is 5.92. The molecule has 262 valence electrons. The third kappa shape index (κ3) is 11.5. The summed E-state index contributed by atoms with van der Waals surface area (Å²) in [6.07, 6.45) is -6.14. The highest BCUT2D eigenvalue weighted by atomic mass is 19.4. The molecule has 0 spiro atoms. The van der Waals surface area contributed by atoms with Gasteiger partial charge in [0, 0.05) is 23.8 Å². The molecular formula is C32H26F6N6O6. The summed E-state index contributed by atoms with van der Waals surface area (Å²) in [5, 5.41) is 9.10. The lowest BCUT2D eigenvalue weighted by Crippen LogP contribution is -2.34. The fraction of sp³-hybridized carbons (Fsp3) is 0.188. The van der Waals surface area contributed by atoms with Crippen LogP contribution < -0.4 is 21.3 Å². The number of aromatic nitrogens is 2. The van der Waals surface area contributed by atoms with Crippen molar-refractivity contribution in [3.63, 3.8) is 0 Å². The molecule has 0 saturated carbocycles. The maximum absolute atomic E-state index is 12.7. The number of pyridine rings is 2. The van der Waals surface area contributed by atoms with E-state index in [1.54, 1.807) is 24.3 Å². The molecule has 0 bridgehead atoms. The monoisotopic (exact) mass is 704 g/mol. The van der Waals surface area contributed by atoms with Crippen LogP contribution in [-0.4, -0.2) is 47.1 Å². The number of hydrogen-bond acceptors (Lipinski definition) is 8. The van der Waals surface area contributed by atoms with Crippen molar-refractivity contribution in [3.8, 4) is 11.4 Å². The first kappa shape index (κ1) is 36.6. The SMILES string of the molecule is O=C(NCC(=O)OCc1ccnc(-c2cc(COC(=O)CNC(=O)Nc3ccc(C(F)(F)F)cc3)ccn2)c1)Nc1ccc(C(F)(F)F)cc1. The van der Waals surface area contributed by atoms with E-state index in [1.165, 1.54) is 12.4 Å². The van der Waals surface area contributed by atoms with Gasteiger partial charge in [-0.3, -0.25) is 19.6 Å². The molecule has 0 atom stereocenters. The highest BCUT2D eigenvalue weighted by Gasteiger charge is 2.30. The molecule has 4 amide bonds. The molecule has 0 aliphatic carbocycles. The lowest BCUT2D eigenvalue weighted by molar-refractivity contribution is -0.144. The Morgan fingerprint density at radius 1 is 0.560 bits per heavy atom. The van der Waals surface area contributed by atoms with Crippen LogP contribution in [0, 0.1) is 0 Å². The zero-order valence-electron chi connectivity index (χ0n) is 25.5. The quantitative estimate of drug-likeness (QED) is 0.111. The summed E-state index contributed by atoms with van der Waals surface area (Å²) in [6.45, 7) is -1.42. The van der Waals surface area contributed by atoms with Crippen LogP contribution in [0.3, 0.4) is 0 Å². The van der Waals surface area contributed by atoms with Gasteiger partial charge in [0.25, 0.3) is 0 Å². The van der Waals surface area contributed by atoms with Gasteiger partial charge in [0.15, 0.2) is 0 Å². The summed E-state index contributed by atoms with van der Waals surface area (Å²) >= 11 is 0. The third-order valence-electron chi connectivity index (χ3n) is 6.44. The molecule has 0 fully saturated rings. The van der Waals surface area contributed by atoms with Crippen molar-refractivity contribution < 1.29 is 55.0 Å². The van der Waals surface area contributed by atoms with Gasteiger partial charge in [-0.15, -0.1) is 0 Å². The second-order valence-corrected chi connectivity index (χ2v) is 10.2. The summed E-state index contributed by atoms with van der Waals surface area (Å²) in [7, 11) is 0. The van der Waals surface area contributed by atoms with Gasteiger partial charge in [-0.1, -0.05) is 0 Å². The van der Waals surface area contributed by atoms with Crippen molar-refractivity contribution in [1.29, 1.82) is 0 Å². The molecule has 2 aromatic heterocycles. The zero-order chi connectivity index (χ0) is 36.3. The van der Waals surface area contributed by atoms with E-state index < -0.39 is 60.6 Å². The number of carbonyl (C=O) groups excluding carboxylic acids is 4. The minimum Gasteiger partial charge on any atom is -0.460 e. The number of hydrogen-bond donors (Lipinski definition) is 4. The van der Waals surface area contributed by atoms with Crippen LogP contribution in [0.5, 0.6) is 0 Å². The van der Waals surface area contributed by atoms with Crippen LogP contribution >= 0.6 is 0 Å². The van der Waals surface area contributed by atoms with Gasteiger partial charge in [0.1, 0.15) is 26.3 Å². The Labute approximate surface area is 279 Å². The first-order chi connectivity index (χ1) is 23.7. The van der Waals surface area contributed by atoms with Gasteiger partial charge in [-0.2, -0.15) is 26.3 Å². The van der Waals surface area contributed by atoms with E-state index in [1.807, 2.05) is 0 Å². The molecule has 0 aliphatic rings. The number of nitrogens with one attached hydrogen (secondary N) is 4. The van der Waals surface area contributed by atoms with E-state index in [-0.39, 0.29) is 24.6 Å². The minimum absolute atomic E-state index is 0.0858. The number of carbonyl (C=O) groups is 4. The number of anilines is 2. The molecular weight excluding hydrogens is 678 g/mol. The van der Waals surface area contributed by atoms with Crippen molar-refractivity contribution >= 4 is 35.4 Å². The number of esters is 2. The molecule has 0 saturated heterocycles. The number of nitrogens with zero attached hydrogens (tertiary/aromatic N) is 2. The van der Waals surface area contributed by atoms with Gasteiger partial charge in [0.05, 0.1) is 22.5 Å². The summed E-state index contributed by atoms with van der Waals surface area (Å²) in [6, 6.07) is 12.2. The molecule has 2 heterocycles. The number of amides is 4. The van der Waals surface area contributed by atoms with E-state index >= 15 is 0 Å². The Hall–Kier alpha value is -6.20. The van der Waals surface area contributed by atoms with Crippen molar-refractivity contribution in [2.45, 2.75) is 25.6 Å². The van der Waals surface area contributed by atoms with Gasteiger partial charge >= 0.3 is 36.4 Å². The largest absolute Gasteiger partial charge is 0.460 e. The second kappa shape index (κ2) is 16.3. The van der Waals surface area contributed by atoms with Crippen molar-refractivity contribution in [2.75, 3.05) is 23.7 Å². The number of urea groups is 2. The molecule has 0 radical (unpaired) electrons. The first-order valence-electron chi connectivity index (χ1n) is 14.3. The van der Waals surface area contributed by atoms with Crippen LogP contribution in [0.2, 0.25) is 0 Å². The predicted molar refractivity (Wildman–Crippen MR) is 164 cm³/mol. The van der Waals surface area contributed by atoms with Crippen LogP contribution in [-0.2, 0) is 44.6 Å². The first-order valence-corrected chi connectivity index (χ1v) is 14.3. The maximum atomic E-state index is 12.7. The molecule has 12 nitrogen and oxygen atoms in total. The number of rotatable bonds is 11. The Bertz CT molecular complexity index is 1690. The van der Waals surface area contributed by atoms with Crippen LogP contribution in [0.4, 0.5) is 47.3 Å². The Morgan fingerprint density at radius 3 is 1.26 bits per heavy atom. The fourth-order valence-electron chi connectivity index (χ4n) is 3.98. The summed E-state index contributed by atoms with van der Waals surface area (Å²) in [5.74, 6) is -1.58. The second-order valence-electron chi connectivity index (χ2n) is 10.2. The van der Waals surface area contributed by atoms with Gasteiger partial charge < -0.3 is 30.7 Å². The summed E-state index contributed by atoms with van der Waals surface area (Å²) in [4.78, 5) is 56.8. The van der Waals surface area contributed by atoms with E-state index in [4.69, 9.17) is 9.47 Å². The van der Waals surface area contributed by atoms with E-state index in [0.29, 0.717) is 22.5 Å². The fourth-order valence-corrected chi connectivity index (χ4v) is 3.98. The average molecular weight is 705 g/mol. The van der Waals surface area contributed by atoms with Crippen LogP contribution in [0.1, 0.15) is 22.3 Å². The van der Waals surface area contributed by atoms with Crippen molar-refractivity contribution in [2.24, 2.45) is 0 Å². The zero-order valence-corrected chi connectivity index (χ0v) is 25.5. The van der Waals surface area contributed by atoms with Gasteiger partial charge in [-0.05, 0) is 83.9 Å². The Balaban J connectivity index is 1.19. The lowest BCUT2D eigenvalue weighted by Gasteiger charge is -2.11.